The van der Waals surface area contributed by atoms with Crippen LogP contribution in [0, 0.1) is 0 Å². The van der Waals surface area contributed by atoms with Crippen molar-refractivity contribution in [2.24, 2.45) is 0 Å². The molecule has 0 aliphatic carbocycles. The van der Waals surface area contributed by atoms with Gasteiger partial charge >= 0.3 is 0 Å². The van der Waals surface area contributed by atoms with Gasteiger partial charge in [0.05, 0.1) is 0 Å². The molecule has 0 aromatic heterocycles. The van der Waals surface area contributed by atoms with Crippen LogP contribution < -0.4 is 10.6 Å². The predicted octanol–water partition coefficient (Wildman–Crippen LogP) is 2.93. The van der Waals surface area contributed by atoms with Crippen LogP contribution in [0.3, 0.4) is 0 Å². The van der Waals surface area contributed by atoms with Crippen molar-refractivity contribution >= 4 is 21.6 Å². The molecule has 1 fully saturated rings. The Hall–Kier alpha value is -0.580. The van der Waals surface area contributed by atoms with E-state index in [4.69, 9.17) is 0 Å². The highest BCUT2D eigenvalue weighted by molar-refractivity contribution is 9.10. The number of halogens is 1. The predicted molar refractivity (Wildman–Crippen MR) is 85.8 cm³/mol. The molecule has 4 heteroatoms. The van der Waals surface area contributed by atoms with E-state index < -0.39 is 0 Å². The molecule has 1 aliphatic rings. The highest BCUT2D eigenvalue weighted by atomic mass is 79.9. The van der Waals surface area contributed by atoms with Gasteiger partial charge in [-0.15, -0.1) is 0 Å². The van der Waals surface area contributed by atoms with Crippen LogP contribution in [-0.4, -0.2) is 43.2 Å². The van der Waals surface area contributed by atoms with Crippen molar-refractivity contribution in [3.8, 4) is 0 Å². The van der Waals surface area contributed by atoms with Gasteiger partial charge in [-0.05, 0) is 38.5 Å². The quantitative estimate of drug-likeness (QED) is 0.871. The summed E-state index contributed by atoms with van der Waals surface area (Å²) in [5, 5.41) is 6.92. The summed E-state index contributed by atoms with van der Waals surface area (Å²) in [6.45, 7) is 10.2. The minimum absolute atomic E-state index is 0.265. The highest BCUT2D eigenvalue weighted by Crippen LogP contribution is 2.20. The number of nitrogens with zero attached hydrogens (tertiary/aromatic N) is 1. The molecule has 3 nitrogen and oxygen atoms in total. The lowest BCUT2D eigenvalue weighted by molar-refractivity contribution is 0.0987. The zero-order valence-electron chi connectivity index (χ0n) is 11.9. The second kappa shape index (κ2) is 6.73. The van der Waals surface area contributed by atoms with E-state index in [1.165, 1.54) is 5.69 Å². The second-order valence-corrected chi connectivity index (χ2v) is 6.65. The molecule has 19 heavy (non-hydrogen) atoms. The molecule has 2 rings (SSSR count). The Morgan fingerprint density at radius 2 is 2.05 bits per heavy atom. The maximum atomic E-state index is 3.51. The Morgan fingerprint density at radius 1 is 1.32 bits per heavy atom. The van der Waals surface area contributed by atoms with Crippen LogP contribution in [-0.2, 0) is 0 Å². The molecule has 1 aliphatic heterocycles. The van der Waals surface area contributed by atoms with E-state index in [-0.39, 0.29) is 5.54 Å². The molecule has 0 amide bonds. The first-order valence-corrected chi connectivity index (χ1v) is 7.82. The molecule has 1 heterocycles. The molecular formula is C15H24BrN3. The molecule has 0 unspecified atom stereocenters. The normalized spacial score (nSPS) is 17.4. The van der Waals surface area contributed by atoms with Crippen molar-refractivity contribution in [3.63, 3.8) is 0 Å². The van der Waals surface area contributed by atoms with E-state index >= 15 is 0 Å². The molecule has 1 saturated heterocycles. The fourth-order valence-electron chi connectivity index (χ4n) is 2.54. The van der Waals surface area contributed by atoms with Crippen molar-refractivity contribution < 1.29 is 0 Å². The first-order chi connectivity index (χ1) is 9.08. The molecular weight excluding hydrogens is 302 g/mol. The van der Waals surface area contributed by atoms with Gasteiger partial charge in [-0.1, -0.05) is 22.0 Å². The van der Waals surface area contributed by atoms with Gasteiger partial charge in [-0.2, -0.15) is 0 Å². The number of piperazine rings is 1. The molecule has 0 radical (unpaired) electrons. The van der Waals surface area contributed by atoms with Crippen LogP contribution in [0.2, 0.25) is 0 Å². The fraction of sp³-hybridized carbons (Fsp3) is 0.600. The average molecular weight is 326 g/mol. The third kappa shape index (κ3) is 4.48. The summed E-state index contributed by atoms with van der Waals surface area (Å²) in [6, 6.07) is 8.35. The second-order valence-electron chi connectivity index (χ2n) is 5.74. The SMILES string of the molecule is CC(C)(CCNc1cccc(Br)c1)N1CCNCC1. The number of nitrogens with one attached hydrogen (secondary N) is 2. The van der Waals surface area contributed by atoms with Crippen LogP contribution in [0.1, 0.15) is 20.3 Å². The topological polar surface area (TPSA) is 27.3 Å². The summed E-state index contributed by atoms with van der Waals surface area (Å²) in [6.07, 6.45) is 1.15. The van der Waals surface area contributed by atoms with Crippen LogP contribution in [0.4, 0.5) is 5.69 Å². The summed E-state index contributed by atoms with van der Waals surface area (Å²) in [5.41, 5.74) is 1.45. The Balaban J connectivity index is 1.80. The Morgan fingerprint density at radius 3 is 2.74 bits per heavy atom. The summed E-state index contributed by atoms with van der Waals surface area (Å²) < 4.78 is 1.12. The number of benzene rings is 1. The molecule has 106 valence electrons. The molecule has 1 aromatic carbocycles. The highest BCUT2D eigenvalue weighted by Gasteiger charge is 2.27. The van der Waals surface area contributed by atoms with Crippen LogP contribution in [0.15, 0.2) is 28.7 Å². The monoisotopic (exact) mass is 325 g/mol. The zero-order valence-corrected chi connectivity index (χ0v) is 13.5. The third-order valence-electron chi connectivity index (χ3n) is 3.86. The van der Waals surface area contributed by atoms with Crippen LogP contribution in [0.25, 0.3) is 0 Å². The first kappa shape index (κ1) is 14.8. The first-order valence-electron chi connectivity index (χ1n) is 7.03. The van der Waals surface area contributed by atoms with E-state index in [2.05, 4.69) is 69.6 Å². The van der Waals surface area contributed by atoms with Gasteiger partial charge in [0.15, 0.2) is 0 Å². The lowest BCUT2D eigenvalue weighted by Gasteiger charge is -2.41. The summed E-state index contributed by atoms with van der Waals surface area (Å²) in [5.74, 6) is 0. The minimum Gasteiger partial charge on any atom is -0.385 e. The van der Waals surface area contributed by atoms with Crippen molar-refractivity contribution in [1.29, 1.82) is 0 Å². The zero-order chi connectivity index (χ0) is 13.7. The third-order valence-corrected chi connectivity index (χ3v) is 4.36. The standard InChI is InChI=1S/C15H24BrN3/c1-15(2,19-10-8-17-9-11-19)6-7-18-14-5-3-4-13(16)12-14/h3-5,12,17-18H,6-11H2,1-2H3. The molecule has 0 saturated carbocycles. The van der Waals surface area contributed by atoms with Gasteiger partial charge in [-0.25, -0.2) is 0 Å². The van der Waals surface area contributed by atoms with Crippen molar-refractivity contribution in [2.45, 2.75) is 25.8 Å². The van der Waals surface area contributed by atoms with E-state index in [1.807, 2.05) is 0 Å². The van der Waals surface area contributed by atoms with Crippen molar-refractivity contribution in [2.75, 3.05) is 38.0 Å². The average Bonchev–Trinajstić information content (AvgIpc) is 2.40. The molecule has 1 aromatic rings. The number of hydrogen-bond acceptors (Lipinski definition) is 3. The fourth-order valence-corrected chi connectivity index (χ4v) is 2.94. The lowest BCUT2D eigenvalue weighted by Crippen LogP contribution is -2.53. The summed E-state index contributed by atoms with van der Waals surface area (Å²) >= 11 is 3.50. The Kier molecular flexibility index (Phi) is 5.25. The van der Waals surface area contributed by atoms with Crippen molar-refractivity contribution in [1.82, 2.24) is 10.2 Å². The van der Waals surface area contributed by atoms with E-state index in [0.29, 0.717) is 0 Å². The number of rotatable bonds is 5. The summed E-state index contributed by atoms with van der Waals surface area (Å²) in [4.78, 5) is 2.59. The van der Waals surface area contributed by atoms with Gasteiger partial charge in [0.2, 0.25) is 0 Å². The van der Waals surface area contributed by atoms with E-state index in [1.54, 1.807) is 0 Å². The molecule has 0 atom stereocenters. The largest absolute Gasteiger partial charge is 0.385 e. The molecule has 0 spiro atoms. The van der Waals surface area contributed by atoms with Crippen LogP contribution >= 0.6 is 15.9 Å². The molecule has 2 N–H and O–H groups in total. The summed E-state index contributed by atoms with van der Waals surface area (Å²) in [7, 11) is 0. The van der Waals surface area contributed by atoms with Gasteiger partial charge < -0.3 is 10.6 Å². The van der Waals surface area contributed by atoms with Gasteiger partial charge in [0, 0.05) is 48.4 Å². The van der Waals surface area contributed by atoms with Gasteiger partial charge in [-0.3, -0.25) is 4.90 Å². The maximum absolute atomic E-state index is 3.51. The Labute approximate surface area is 124 Å². The minimum atomic E-state index is 0.265. The van der Waals surface area contributed by atoms with Crippen molar-refractivity contribution in [3.05, 3.63) is 28.7 Å². The van der Waals surface area contributed by atoms with Gasteiger partial charge in [0.25, 0.3) is 0 Å². The molecule has 0 bridgehead atoms. The van der Waals surface area contributed by atoms with Gasteiger partial charge in [0.1, 0.15) is 0 Å². The number of hydrogen-bond donors (Lipinski definition) is 2. The number of anilines is 1. The lowest BCUT2D eigenvalue weighted by atomic mass is 9.97. The van der Waals surface area contributed by atoms with Crippen LogP contribution in [0.5, 0.6) is 0 Å². The smallest absolute Gasteiger partial charge is 0.0351 e. The van der Waals surface area contributed by atoms with E-state index in [9.17, 15) is 0 Å². The van der Waals surface area contributed by atoms with E-state index in [0.717, 1.165) is 43.6 Å². The Bertz CT molecular complexity index is 400. The maximum Gasteiger partial charge on any atom is 0.0351 e.